The van der Waals surface area contributed by atoms with Gasteiger partial charge in [0.25, 0.3) is 0 Å². The Morgan fingerprint density at radius 1 is 1.70 bits per heavy atom. The van der Waals surface area contributed by atoms with E-state index in [-0.39, 0.29) is 24.3 Å². The molecule has 20 heavy (non-hydrogen) atoms. The summed E-state index contributed by atoms with van der Waals surface area (Å²) < 4.78 is 4.98. The molecule has 0 aromatic carbocycles. The molecule has 0 aliphatic carbocycles. The van der Waals surface area contributed by atoms with E-state index in [0.29, 0.717) is 39.1 Å². The Hall–Kier alpha value is -1.80. The maximum atomic E-state index is 12.4. The number of carbonyl (C=O) groups excluding carboxylic acids is 2. The van der Waals surface area contributed by atoms with Crippen LogP contribution in [0.25, 0.3) is 0 Å². The smallest absolute Gasteiger partial charge is 0.228 e. The molecule has 1 aliphatic rings. The van der Waals surface area contributed by atoms with Crippen LogP contribution in [0.2, 0.25) is 0 Å². The topological polar surface area (TPSA) is 49.9 Å². The van der Waals surface area contributed by atoms with Crippen LogP contribution < -0.4 is 0 Å². The van der Waals surface area contributed by atoms with Gasteiger partial charge in [0.1, 0.15) is 0 Å². The third-order valence-electron chi connectivity index (χ3n) is 3.36. The quantitative estimate of drug-likeness (QED) is 0.504. The Labute approximate surface area is 120 Å². The summed E-state index contributed by atoms with van der Waals surface area (Å²) in [5, 5.41) is 0. The van der Waals surface area contributed by atoms with Crippen molar-refractivity contribution in [3.8, 4) is 12.3 Å². The Balaban J connectivity index is 2.65. The number of piperidine rings is 1. The number of likely N-dealkylation sites (tertiary alicyclic amines) is 1. The van der Waals surface area contributed by atoms with Crippen LogP contribution in [0.4, 0.5) is 0 Å². The van der Waals surface area contributed by atoms with Gasteiger partial charge in [-0.25, -0.2) is 0 Å². The number of terminal acetylenes is 1. The third-order valence-corrected chi connectivity index (χ3v) is 3.36. The molecule has 1 saturated heterocycles. The zero-order valence-corrected chi connectivity index (χ0v) is 12.0. The van der Waals surface area contributed by atoms with Gasteiger partial charge < -0.3 is 14.5 Å². The second-order valence-electron chi connectivity index (χ2n) is 4.78. The minimum atomic E-state index is -0.183. The summed E-state index contributed by atoms with van der Waals surface area (Å²) in [6.45, 7) is 5.79. The molecule has 1 heterocycles. The molecule has 1 atom stereocenters. The molecule has 0 radical (unpaired) electrons. The van der Waals surface area contributed by atoms with Gasteiger partial charge in [0.05, 0.1) is 19.1 Å². The molecular formula is C15H22N2O3. The molecule has 0 aromatic heterocycles. The first-order chi connectivity index (χ1) is 9.63. The van der Waals surface area contributed by atoms with Crippen LogP contribution in [0.3, 0.4) is 0 Å². The van der Waals surface area contributed by atoms with E-state index in [2.05, 4.69) is 12.5 Å². The molecule has 5 nitrogen and oxygen atoms in total. The van der Waals surface area contributed by atoms with E-state index in [1.54, 1.807) is 23.0 Å². The van der Waals surface area contributed by atoms with Crippen molar-refractivity contribution in [1.82, 2.24) is 9.80 Å². The predicted molar refractivity (Wildman–Crippen MR) is 76.8 cm³/mol. The molecule has 0 N–H and O–H groups in total. The van der Waals surface area contributed by atoms with Gasteiger partial charge in [-0.15, -0.1) is 13.0 Å². The second-order valence-corrected chi connectivity index (χ2v) is 4.78. The number of carbonyl (C=O) groups is 2. The highest BCUT2D eigenvalue weighted by atomic mass is 16.5. The molecule has 0 aromatic rings. The van der Waals surface area contributed by atoms with Crippen LogP contribution >= 0.6 is 0 Å². The maximum Gasteiger partial charge on any atom is 0.228 e. The Kier molecular flexibility index (Phi) is 6.82. The summed E-state index contributed by atoms with van der Waals surface area (Å²) in [5.74, 6) is 2.38. The Bertz CT molecular complexity index is 400. The lowest BCUT2D eigenvalue weighted by Crippen LogP contribution is -2.48. The van der Waals surface area contributed by atoms with Crippen LogP contribution in [0, 0.1) is 18.3 Å². The van der Waals surface area contributed by atoms with E-state index in [0.717, 1.165) is 0 Å². The number of ether oxygens (including phenoxy) is 1. The summed E-state index contributed by atoms with van der Waals surface area (Å²) in [6.07, 6.45) is 7.93. The summed E-state index contributed by atoms with van der Waals surface area (Å²) in [6, 6.07) is 0. The van der Waals surface area contributed by atoms with E-state index in [1.807, 2.05) is 0 Å². The van der Waals surface area contributed by atoms with Crippen molar-refractivity contribution >= 4 is 11.8 Å². The van der Waals surface area contributed by atoms with E-state index < -0.39 is 0 Å². The van der Waals surface area contributed by atoms with E-state index in [9.17, 15) is 9.59 Å². The van der Waals surface area contributed by atoms with Gasteiger partial charge in [0.15, 0.2) is 0 Å². The van der Waals surface area contributed by atoms with Gasteiger partial charge in [0, 0.05) is 33.2 Å². The molecule has 0 bridgehead atoms. The zero-order valence-electron chi connectivity index (χ0n) is 12.0. The summed E-state index contributed by atoms with van der Waals surface area (Å²) in [7, 11) is 1.59. The van der Waals surface area contributed by atoms with Gasteiger partial charge >= 0.3 is 0 Å². The highest BCUT2D eigenvalue weighted by Gasteiger charge is 2.32. The van der Waals surface area contributed by atoms with Gasteiger partial charge in [0.2, 0.25) is 11.8 Å². The SMILES string of the molecule is C#CCN(CC=C)C(=O)[C@H]1CCC(=O)N(CCOC)C1. The van der Waals surface area contributed by atoms with Gasteiger partial charge in [-0.05, 0) is 6.42 Å². The average Bonchev–Trinajstić information content (AvgIpc) is 2.45. The van der Waals surface area contributed by atoms with E-state index in [1.165, 1.54) is 0 Å². The zero-order chi connectivity index (χ0) is 15.0. The molecular weight excluding hydrogens is 256 g/mol. The minimum absolute atomic E-state index is 0.00207. The first-order valence-corrected chi connectivity index (χ1v) is 6.73. The molecule has 110 valence electrons. The monoisotopic (exact) mass is 278 g/mol. The van der Waals surface area contributed by atoms with Crippen molar-refractivity contribution in [3.63, 3.8) is 0 Å². The number of hydrogen-bond acceptors (Lipinski definition) is 3. The fraction of sp³-hybridized carbons (Fsp3) is 0.600. The van der Waals surface area contributed by atoms with Crippen LogP contribution in [-0.2, 0) is 14.3 Å². The molecule has 0 spiro atoms. The fourth-order valence-electron chi connectivity index (χ4n) is 2.29. The van der Waals surface area contributed by atoms with Crippen molar-refractivity contribution in [2.75, 3.05) is 39.9 Å². The first kappa shape index (κ1) is 16.3. The molecule has 5 heteroatoms. The van der Waals surface area contributed by atoms with Crippen LogP contribution in [-0.4, -0.2) is 61.5 Å². The third kappa shape index (κ3) is 4.39. The summed E-state index contributed by atoms with van der Waals surface area (Å²) in [5.41, 5.74) is 0. The van der Waals surface area contributed by atoms with Crippen molar-refractivity contribution in [2.24, 2.45) is 5.92 Å². The van der Waals surface area contributed by atoms with E-state index >= 15 is 0 Å². The van der Waals surface area contributed by atoms with Gasteiger partial charge in [-0.2, -0.15) is 0 Å². The molecule has 0 saturated carbocycles. The number of hydrogen-bond donors (Lipinski definition) is 0. The Morgan fingerprint density at radius 3 is 3.05 bits per heavy atom. The van der Waals surface area contributed by atoms with Crippen molar-refractivity contribution in [2.45, 2.75) is 12.8 Å². The molecule has 0 unspecified atom stereocenters. The number of rotatable bonds is 7. The lowest BCUT2D eigenvalue weighted by Gasteiger charge is -2.34. The van der Waals surface area contributed by atoms with E-state index in [4.69, 9.17) is 11.2 Å². The van der Waals surface area contributed by atoms with Crippen molar-refractivity contribution in [3.05, 3.63) is 12.7 Å². The molecule has 1 fully saturated rings. The number of nitrogens with zero attached hydrogens (tertiary/aromatic N) is 2. The molecule has 1 rings (SSSR count). The minimum Gasteiger partial charge on any atom is -0.383 e. The summed E-state index contributed by atoms with van der Waals surface area (Å²) >= 11 is 0. The van der Waals surface area contributed by atoms with Crippen LogP contribution in [0.15, 0.2) is 12.7 Å². The van der Waals surface area contributed by atoms with Crippen molar-refractivity contribution in [1.29, 1.82) is 0 Å². The largest absolute Gasteiger partial charge is 0.383 e. The Morgan fingerprint density at radius 2 is 2.45 bits per heavy atom. The lowest BCUT2D eigenvalue weighted by atomic mass is 9.96. The van der Waals surface area contributed by atoms with Crippen LogP contribution in [0.1, 0.15) is 12.8 Å². The van der Waals surface area contributed by atoms with Crippen LogP contribution in [0.5, 0.6) is 0 Å². The lowest BCUT2D eigenvalue weighted by molar-refractivity contribution is -0.142. The average molecular weight is 278 g/mol. The summed E-state index contributed by atoms with van der Waals surface area (Å²) in [4.78, 5) is 27.5. The first-order valence-electron chi connectivity index (χ1n) is 6.73. The van der Waals surface area contributed by atoms with Gasteiger partial charge in [-0.1, -0.05) is 12.0 Å². The fourth-order valence-corrected chi connectivity index (χ4v) is 2.29. The molecule has 1 aliphatic heterocycles. The normalized spacial score (nSPS) is 18.5. The standard InChI is InChI=1S/C15H22N2O3/c1-4-8-16(9-5-2)15(19)13-6-7-14(18)17(12-13)10-11-20-3/h1,5,13H,2,6-12H2,3H3/t13-/m0/s1. The van der Waals surface area contributed by atoms with Crippen molar-refractivity contribution < 1.29 is 14.3 Å². The van der Waals surface area contributed by atoms with Gasteiger partial charge in [-0.3, -0.25) is 9.59 Å². The highest BCUT2D eigenvalue weighted by Crippen LogP contribution is 2.19. The molecule has 2 amide bonds. The number of amides is 2. The highest BCUT2D eigenvalue weighted by molar-refractivity contribution is 5.84. The maximum absolute atomic E-state index is 12.4. The second kappa shape index (κ2) is 8.39. The number of methoxy groups -OCH3 is 1. The predicted octanol–water partition coefficient (Wildman–Crippen LogP) is 0.519.